The molecule has 0 bridgehead atoms. The third kappa shape index (κ3) is 4.69. The Kier molecular flexibility index (Phi) is 6.01. The van der Waals surface area contributed by atoms with Gasteiger partial charge in [-0.3, -0.25) is 14.6 Å². The fraction of sp³-hybridized carbons (Fsp3) is 0.231. The predicted octanol–water partition coefficient (Wildman–Crippen LogP) is 4.35. The molecule has 0 radical (unpaired) electrons. The summed E-state index contributed by atoms with van der Waals surface area (Å²) >= 11 is 3.74. The number of rotatable bonds is 6. The number of hydrogen-bond donors (Lipinski definition) is 1. The number of nitrogens with one attached hydrogen (secondary N) is 1. The molecule has 0 unspecified atom stereocenters. The zero-order valence-electron chi connectivity index (χ0n) is 19.2. The zero-order valence-corrected chi connectivity index (χ0v) is 20.8. The molecule has 6 rings (SSSR count). The molecule has 8 nitrogen and oxygen atoms in total. The minimum atomic E-state index is 0.734. The normalized spacial score (nSPS) is 14.6. The van der Waals surface area contributed by atoms with E-state index in [1.165, 1.54) is 11.1 Å². The van der Waals surface area contributed by atoms with E-state index < -0.39 is 0 Å². The molecule has 1 fully saturated rings. The van der Waals surface area contributed by atoms with Gasteiger partial charge in [0.15, 0.2) is 5.65 Å². The Labute approximate surface area is 211 Å². The molecule has 1 N–H and O–H groups in total. The van der Waals surface area contributed by atoms with Crippen LogP contribution in [-0.4, -0.2) is 60.8 Å². The van der Waals surface area contributed by atoms with E-state index in [9.17, 15) is 0 Å². The van der Waals surface area contributed by atoms with Crippen molar-refractivity contribution in [3.05, 3.63) is 89.0 Å². The summed E-state index contributed by atoms with van der Waals surface area (Å²) in [4.78, 5) is 22.0. The number of benzene rings is 1. The molecule has 1 aliphatic heterocycles. The lowest BCUT2D eigenvalue weighted by Crippen LogP contribution is -2.46. The zero-order chi connectivity index (χ0) is 23.6. The average molecular weight is 529 g/mol. The van der Waals surface area contributed by atoms with E-state index in [2.05, 4.69) is 82.2 Å². The number of hydrogen-bond acceptors (Lipinski definition) is 6. The largest absolute Gasteiger partial charge is 0.366 e. The summed E-state index contributed by atoms with van der Waals surface area (Å²) in [6.45, 7) is 5.58. The number of nitrogens with zero attached hydrogens (tertiary/aromatic N) is 7. The smallest absolute Gasteiger partial charge is 0.180 e. The van der Waals surface area contributed by atoms with Gasteiger partial charge in [0.2, 0.25) is 0 Å². The summed E-state index contributed by atoms with van der Waals surface area (Å²) in [6, 6.07) is 14.6. The number of H-pyrrole nitrogens is 1. The first-order valence-corrected chi connectivity index (χ1v) is 12.5. The van der Waals surface area contributed by atoms with Crippen molar-refractivity contribution in [1.82, 2.24) is 34.6 Å². The first-order valence-electron chi connectivity index (χ1n) is 11.7. The number of aromatic amines is 1. The Morgan fingerprint density at radius 1 is 0.886 bits per heavy atom. The second-order valence-electron chi connectivity index (χ2n) is 8.76. The Morgan fingerprint density at radius 3 is 2.40 bits per heavy atom. The molecule has 0 saturated carbocycles. The molecule has 4 aromatic heterocycles. The van der Waals surface area contributed by atoms with Crippen LogP contribution >= 0.6 is 15.9 Å². The lowest BCUT2D eigenvalue weighted by molar-refractivity contribution is 0.250. The Bertz CT molecular complexity index is 1410. The van der Waals surface area contributed by atoms with Gasteiger partial charge in [-0.1, -0.05) is 24.3 Å². The molecule has 1 aliphatic rings. The van der Waals surface area contributed by atoms with E-state index in [1.54, 1.807) is 6.20 Å². The van der Waals surface area contributed by atoms with E-state index >= 15 is 0 Å². The summed E-state index contributed by atoms with van der Waals surface area (Å²) in [6.07, 6.45) is 9.35. The number of fused-ring (bicyclic) bond motifs is 1. The van der Waals surface area contributed by atoms with Crippen LogP contribution in [0.5, 0.6) is 0 Å². The molecule has 0 amide bonds. The van der Waals surface area contributed by atoms with Gasteiger partial charge in [-0.05, 0) is 45.3 Å². The monoisotopic (exact) mass is 528 g/mol. The van der Waals surface area contributed by atoms with E-state index in [0.29, 0.717) is 0 Å². The van der Waals surface area contributed by atoms with Gasteiger partial charge in [0.05, 0.1) is 16.7 Å². The van der Waals surface area contributed by atoms with E-state index in [4.69, 9.17) is 4.98 Å². The average Bonchev–Trinajstić information content (AvgIpc) is 3.56. The summed E-state index contributed by atoms with van der Waals surface area (Å²) < 4.78 is 2.90. The lowest BCUT2D eigenvalue weighted by atomic mass is 10.1. The Morgan fingerprint density at radius 2 is 1.66 bits per heavy atom. The van der Waals surface area contributed by atoms with E-state index in [-0.39, 0.29) is 0 Å². The Balaban J connectivity index is 1.21. The Hall–Kier alpha value is -3.56. The maximum atomic E-state index is 4.81. The van der Waals surface area contributed by atoms with Crippen LogP contribution in [0.4, 0.5) is 5.69 Å². The standard InChI is InChI=1S/C26H25BrN8/c27-22-16-29-26-23(24(22)34-14-12-33(13-15-34)17-20-6-9-28-10-7-20)31-25(32-26)21-4-2-19(3-5-21)18-35-11-1-8-30-35/h1-11,16H,12-15,17-18H2,(H,29,31,32). The van der Waals surface area contributed by atoms with Crippen molar-refractivity contribution >= 4 is 32.8 Å². The van der Waals surface area contributed by atoms with Gasteiger partial charge in [-0.25, -0.2) is 9.97 Å². The molecule has 5 heterocycles. The van der Waals surface area contributed by atoms with Gasteiger partial charge in [0.25, 0.3) is 0 Å². The highest BCUT2D eigenvalue weighted by Gasteiger charge is 2.23. The predicted molar refractivity (Wildman–Crippen MR) is 140 cm³/mol. The van der Waals surface area contributed by atoms with Crippen LogP contribution in [0, 0.1) is 0 Å². The van der Waals surface area contributed by atoms with Crippen molar-refractivity contribution in [3.63, 3.8) is 0 Å². The van der Waals surface area contributed by atoms with Crippen molar-refractivity contribution in [2.45, 2.75) is 13.1 Å². The van der Waals surface area contributed by atoms with Crippen molar-refractivity contribution in [1.29, 1.82) is 0 Å². The fourth-order valence-electron chi connectivity index (χ4n) is 4.59. The number of pyridine rings is 2. The maximum Gasteiger partial charge on any atom is 0.180 e. The minimum Gasteiger partial charge on any atom is -0.366 e. The van der Waals surface area contributed by atoms with Crippen LogP contribution in [-0.2, 0) is 13.1 Å². The van der Waals surface area contributed by atoms with Gasteiger partial charge in [-0.2, -0.15) is 5.10 Å². The van der Waals surface area contributed by atoms with Gasteiger partial charge in [-0.15, -0.1) is 0 Å². The SMILES string of the molecule is Brc1cnc2nc(-c3ccc(Cn4cccn4)cc3)[nH]c2c1N1CCN(Cc2ccncc2)CC1. The van der Waals surface area contributed by atoms with Crippen molar-refractivity contribution in [3.8, 4) is 11.4 Å². The number of anilines is 1. The van der Waals surface area contributed by atoms with Crippen molar-refractivity contribution in [2.75, 3.05) is 31.1 Å². The highest BCUT2D eigenvalue weighted by Crippen LogP contribution is 2.34. The summed E-state index contributed by atoms with van der Waals surface area (Å²) in [5.41, 5.74) is 6.37. The molecule has 0 aliphatic carbocycles. The molecule has 1 aromatic carbocycles. The molecular formula is C26H25BrN8. The van der Waals surface area contributed by atoms with Crippen LogP contribution in [0.2, 0.25) is 0 Å². The van der Waals surface area contributed by atoms with Gasteiger partial charge < -0.3 is 9.88 Å². The molecule has 1 saturated heterocycles. The summed E-state index contributed by atoms with van der Waals surface area (Å²) in [5, 5.41) is 4.28. The van der Waals surface area contributed by atoms with Crippen LogP contribution in [0.25, 0.3) is 22.6 Å². The lowest BCUT2D eigenvalue weighted by Gasteiger charge is -2.36. The highest BCUT2D eigenvalue weighted by molar-refractivity contribution is 9.10. The van der Waals surface area contributed by atoms with Crippen molar-refractivity contribution < 1.29 is 0 Å². The van der Waals surface area contributed by atoms with Crippen LogP contribution in [0.3, 0.4) is 0 Å². The molecule has 9 heteroatoms. The van der Waals surface area contributed by atoms with Crippen molar-refractivity contribution in [2.24, 2.45) is 0 Å². The van der Waals surface area contributed by atoms with Gasteiger partial charge in [0, 0.05) is 69.3 Å². The van der Waals surface area contributed by atoms with E-state index in [0.717, 1.165) is 72.0 Å². The number of imidazole rings is 1. The number of halogens is 1. The second-order valence-corrected chi connectivity index (χ2v) is 9.61. The highest BCUT2D eigenvalue weighted by atomic mass is 79.9. The summed E-state index contributed by atoms with van der Waals surface area (Å²) in [5.74, 6) is 0.828. The molecule has 35 heavy (non-hydrogen) atoms. The topological polar surface area (TPSA) is 78.8 Å². The molecular weight excluding hydrogens is 504 g/mol. The van der Waals surface area contributed by atoms with Crippen LogP contribution in [0.15, 0.2) is 77.9 Å². The minimum absolute atomic E-state index is 0.734. The number of piperazine rings is 1. The second kappa shape index (κ2) is 9.59. The van der Waals surface area contributed by atoms with E-state index in [1.807, 2.05) is 35.5 Å². The molecule has 0 spiro atoms. The van der Waals surface area contributed by atoms with Gasteiger partial charge >= 0.3 is 0 Å². The maximum absolute atomic E-state index is 4.81. The summed E-state index contributed by atoms with van der Waals surface area (Å²) in [7, 11) is 0. The molecule has 5 aromatic rings. The molecule has 176 valence electrons. The number of aromatic nitrogens is 6. The van der Waals surface area contributed by atoms with Gasteiger partial charge in [0.1, 0.15) is 11.3 Å². The fourth-order valence-corrected chi connectivity index (χ4v) is 5.14. The quantitative estimate of drug-likeness (QED) is 0.353. The third-order valence-corrected chi connectivity index (χ3v) is 7.00. The third-order valence-electron chi connectivity index (χ3n) is 6.42. The first kappa shape index (κ1) is 21.9. The van der Waals surface area contributed by atoms with Crippen LogP contribution in [0.1, 0.15) is 11.1 Å². The molecule has 0 atom stereocenters. The van der Waals surface area contributed by atoms with Crippen LogP contribution < -0.4 is 4.90 Å². The first-order chi connectivity index (χ1) is 17.2.